The quantitative estimate of drug-likeness (QED) is 0.842. The highest BCUT2D eigenvalue weighted by atomic mass is 16.5. The van der Waals surface area contributed by atoms with Crippen molar-refractivity contribution in [3.05, 3.63) is 30.3 Å². The molecule has 0 radical (unpaired) electrons. The lowest BCUT2D eigenvalue weighted by molar-refractivity contribution is -0.145. The number of benzene rings is 1. The highest BCUT2D eigenvalue weighted by Gasteiger charge is 2.23. The number of hydrogen-bond donors (Lipinski definition) is 1. The fourth-order valence-corrected chi connectivity index (χ4v) is 1.82. The molecule has 0 spiro atoms. The van der Waals surface area contributed by atoms with Gasteiger partial charge in [0.1, 0.15) is 0 Å². The van der Waals surface area contributed by atoms with Gasteiger partial charge in [-0.3, -0.25) is 4.79 Å². The third-order valence-electron chi connectivity index (χ3n) is 2.98. The molecule has 1 N–H and O–H groups in total. The van der Waals surface area contributed by atoms with Gasteiger partial charge in [-0.15, -0.1) is 0 Å². The highest BCUT2D eigenvalue weighted by Crippen LogP contribution is 2.11. The Morgan fingerprint density at radius 3 is 2.30 bits per heavy atom. The third kappa shape index (κ3) is 4.57. The molecule has 1 atom stereocenters. The van der Waals surface area contributed by atoms with Crippen LogP contribution in [0.1, 0.15) is 20.8 Å². The first-order valence-corrected chi connectivity index (χ1v) is 6.66. The summed E-state index contributed by atoms with van der Waals surface area (Å²) in [6.07, 6.45) is 0. The Hall–Kier alpha value is -2.04. The first kappa shape index (κ1) is 16.0. The number of ether oxygens (including phenoxy) is 1. The van der Waals surface area contributed by atoms with Crippen LogP contribution in [0.4, 0.5) is 10.5 Å². The molecule has 1 unspecified atom stereocenters. The van der Waals surface area contributed by atoms with Crippen molar-refractivity contribution in [1.82, 2.24) is 4.90 Å². The SMILES string of the molecule is COC(=O)C(C)CN(C(=O)Nc1ccccc1)C(C)C. The van der Waals surface area contributed by atoms with E-state index in [-0.39, 0.29) is 24.0 Å². The van der Waals surface area contributed by atoms with Crippen molar-refractivity contribution in [2.75, 3.05) is 19.0 Å². The molecule has 0 aliphatic carbocycles. The number of urea groups is 1. The number of amides is 2. The van der Waals surface area contributed by atoms with Crippen molar-refractivity contribution >= 4 is 17.7 Å². The first-order chi connectivity index (χ1) is 9.45. The van der Waals surface area contributed by atoms with Gasteiger partial charge in [0.05, 0.1) is 13.0 Å². The van der Waals surface area contributed by atoms with E-state index in [0.29, 0.717) is 6.54 Å². The number of anilines is 1. The maximum absolute atomic E-state index is 12.3. The van der Waals surface area contributed by atoms with Gasteiger partial charge >= 0.3 is 12.0 Å². The van der Waals surface area contributed by atoms with Crippen LogP contribution in [0, 0.1) is 5.92 Å². The zero-order valence-corrected chi connectivity index (χ0v) is 12.4. The van der Waals surface area contributed by atoms with Crippen LogP contribution in [-0.4, -0.2) is 36.6 Å². The summed E-state index contributed by atoms with van der Waals surface area (Å²) in [6, 6.07) is 9.00. The molecule has 0 saturated heterocycles. The highest BCUT2D eigenvalue weighted by molar-refractivity contribution is 5.89. The maximum atomic E-state index is 12.3. The number of hydrogen-bond acceptors (Lipinski definition) is 3. The Kier molecular flexibility index (Phi) is 6.03. The normalized spacial score (nSPS) is 11.8. The molecule has 5 nitrogen and oxygen atoms in total. The smallest absolute Gasteiger partial charge is 0.322 e. The molecule has 1 aromatic carbocycles. The summed E-state index contributed by atoms with van der Waals surface area (Å²) in [5.74, 6) is -0.674. The molecular weight excluding hydrogens is 256 g/mol. The molecule has 0 aromatic heterocycles. The van der Waals surface area contributed by atoms with Crippen LogP contribution in [0.5, 0.6) is 0 Å². The second-order valence-corrected chi connectivity index (χ2v) is 4.97. The molecule has 2 amide bonds. The summed E-state index contributed by atoms with van der Waals surface area (Å²) in [7, 11) is 1.35. The summed E-state index contributed by atoms with van der Waals surface area (Å²) in [4.78, 5) is 25.4. The number of nitrogens with zero attached hydrogens (tertiary/aromatic N) is 1. The number of carbonyl (C=O) groups is 2. The molecule has 20 heavy (non-hydrogen) atoms. The Morgan fingerprint density at radius 1 is 1.20 bits per heavy atom. The molecule has 0 bridgehead atoms. The second kappa shape index (κ2) is 7.53. The van der Waals surface area contributed by atoms with Crippen molar-refractivity contribution in [1.29, 1.82) is 0 Å². The predicted octanol–water partition coefficient (Wildman–Crippen LogP) is 2.74. The minimum absolute atomic E-state index is 0.00850. The van der Waals surface area contributed by atoms with Gasteiger partial charge in [-0.05, 0) is 26.0 Å². The molecule has 0 fully saturated rings. The fraction of sp³-hybridized carbons (Fsp3) is 0.467. The van der Waals surface area contributed by atoms with Gasteiger partial charge in [0.15, 0.2) is 0 Å². The molecular formula is C15H22N2O3. The summed E-state index contributed by atoms with van der Waals surface area (Å²) < 4.78 is 4.69. The standard InChI is InChI=1S/C15H22N2O3/c1-11(2)17(10-12(3)14(18)20-4)15(19)16-13-8-6-5-7-9-13/h5-9,11-12H,10H2,1-4H3,(H,16,19). The minimum atomic E-state index is -0.357. The van der Waals surface area contributed by atoms with Gasteiger partial charge in [0, 0.05) is 18.3 Å². The van der Waals surface area contributed by atoms with Gasteiger partial charge < -0.3 is 15.0 Å². The third-order valence-corrected chi connectivity index (χ3v) is 2.98. The van der Waals surface area contributed by atoms with Crippen LogP contribution in [0.25, 0.3) is 0 Å². The van der Waals surface area contributed by atoms with E-state index >= 15 is 0 Å². The second-order valence-electron chi connectivity index (χ2n) is 4.97. The van der Waals surface area contributed by atoms with E-state index in [1.807, 2.05) is 44.2 Å². The van der Waals surface area contributed by atoms with Crippen LogP contribution in [0.2, 0.25) is 0 Å². The molecule has 0 saturated carbocycles. The molecule has 1 aromatic rings. The number of esters is 1. The van der Waals surface area contributed by atoms with Gasteiger partial charge in [-0.2, -0.15) is 0 Å². The Bertz CT molecular complexity index is 446. The molecule has 0 aliphatic heterocycles. The Labute approximate surface area is 119 Å². The summed E-state index contributed by atoms with van der Waals surface area (Å²) in [5.41, 5.74) is 0.730. The fourth-order valence-electron chi connectivity index (χ4n) is 1.82. The summed E-state index contributed by atoms with van der Waals surface area (Å²) >= 11 is 0. The average molecular weight is 278 g/mol. The average Bonchev–Trinajstić information content (AvgIpc) is 2.44. The van der Waals surface area contributed by atoms with Gasteiger partial charge in [-0.1, -0.05) is 25.1 Å². The summed E-state index contributed by atoms with van der Waals surface area (Å²) in [5, 5.41) is 2.82. The van der Waals surface area contributed by atoms with Crippen molar-refractivity contribution in [2.45, 2.75) is 26.8 Å². The zero-order chi connectivity index (χ0) is 15.1. The number of methoxy groups -OCH3 is 1. The largest absolute Gasteiger partial charge is 0.469 e. The molecule has 0 aliphatic rings. The van der Waals surface area contributed by atoms with Crippen LogP contribution >= 0.6 is 0 Å². The van der Waals surface area contributed by atoms with Crippen molar-refractivity contribution in [3.8, 4) is 0 Å². The van der Waals surface area contributed by atoms with Crippen molar-refractivity contribution < 1.29 is 14.3 Å². The van der Waals surface area contributed by atoms with E-state index in [1.165, 1.54) is 7.11 Å². The van der Waals surface area contributed by atoms with Gasteiger partial charge in [0.2, 0.25) is 0 Å². The number of para-hydroxylation sites is 1. The number of rotatable bonds is 5. The van der Waals surface area contributed by atoms with Gasteiger partial charge in [-0.25, -0.2) is 4.79 Å². The monoisotopic (exact) mass is 278 g/mol. The molecule has 1 rings (SSSR count). The van der Waals surface area contributed by atoms with Crippen molar-refractivity contribution in [2.24, 2.45) is 5.92 Å². The minimum Gasteiger partial charge on any atom is -0.469 e. The number of carbonyl (C=O) groups excluding carboxylic acids is 2. The lowest BCUT2D eigenvalue weighted by atomic mass is 10.1. The van der Waals surface area contributed by atoms with E-state index in [9.17, 15) is 9.59 Å². The van der Waals surface area contributed by atoms with Crippen LogP contribution in [0.15, 0.2) is 30.3 Å². The van der Waals surface area contributed by atoms with Crippen LogP contribution in [0.3, 0.4) is 0 Å². The molecule has 110 valence electrons. The van der Waals surface area contributed by atoms with Gasteiger partial charge in [0.25, 0.3) is 0 Å². The van der Waals surface area contributed by atoms with Crippen LogP contribution < -0.4 is 5.32 Å². The predicted molar refractivity (Wildman–Crippen MR) is 78.5 cm³/mol. The topological polar surface area (TPSA) is 58.6 Å². The lowest BCUT2D eigenvalue weighted by Gasteiger charge is -2.28. The molecule has 5 heteroatoms. The van der Waals surface area contributed by atoms with E-state index in [1.54, 1.807) is 11.8 Å². The Morgan fingerprint density at radius 2 is 1.80 bits per heavy atom. The maximum Gasteiger partial charge on any atom is 0.322 e. The lowest BCUT2D eigenvalue weighted by Crippen LogP contribution is -2.44. The van der Waals surface area contributed by atoms with E-state index < -0.39 is 0 Å². The molecule has 0 heterocycles. The Balaban J connectivity index is 2.71. The van der Waals surface area contributed by atoms with Crippen molar-refractivity contribution in [3.63, 3.8) is 0 Å². The first-order valence-electron chi connectivity index (χ1n) is 6.66. The number of nitrogens with one attached hydrogen (secondary N) is 1. The van der Waals surface area contributed by atoms with E-state index in [2.05, 4.69) is 5.32 Å². The van der Waals surface area contributed by atoms with E-state index in [4.69, 9.17) is 4.74 Å². The van der Waals surface area contributed by atoms with Crippen LogP contribution in [-0.2, 0) is 9.53 Å². The summed E-state index contributed by atoms with van der Waals surface area (Å²) in [6.45, 7) is 5.89. The van der Waals surface area contributed by atoms with E-state index in [0.717, 1.165) is 5.69 Å². The zero-order valence-electron chi connectivity index (χ0n) is 12.4.